The van der Waals surface area contributed by atoms with E-state index in [2.05, 4.69) is 64.1 Å². The van der Waals surface area contributed by atoms with Crippen molar-refractivity contribution in [1.29, 1.82) is 0 Å². The predicted octanol–water partition coefficient (Wildman–Crippen LogP) is 3.69. The summed E-state index contributed by atoms with van der Waals surface area (Å²) in [5.41, 5.74) is 1.35. The maximum atomic E-state index is 13.1. The van der Waals surface area contributed by atoms with Crippen LogP contribution >= 0.6 is 0 Å². The maximum Gasteiger partial charge on any atom is 0.223 e. The number of nitrogens with one attached hydrogen (secondary N) is 1. The van der Waals surface area contributed by atoms with Gasteiger partial charge in [-0.05, 0) is 66.1 Å². The zero-order valence-electron chi connectivity index (χ0n) is 17.7. The van der Waals surface area contributed by atoms with Gasteiger partial charge in [0.25, 0.3) is 0 Å². The van der Waals surface area contributed by atoms with Gasteiger partial charge in [0.15, 0.2) is 0 Å². The summed E-state index contributed by atoms with van der Waals surface area (Å²) in [5.74, 6) is 0.672. The number of hydrogen-bond acceptors (Lipinski definition) is 3. The molecule has 0 aromatic heterocycles. The largest absolute Gasteiger partial charge is 0.337 e. The standard InChI is InChI=1S/C22H37N3O/c1-21(2)14-17(15-22(3,4)23-21)13-20(26)25(7)19(16-24(5)6)18-11-9-8-10-12-18/h8-12,17,19,23H,13-16H2,1-7H3. The first kappa shape index (κ1) is 20.9. The van der Waals surface area contributed by atoms with Crippen LogP contribution in [0.25, 0.3) is 0 Å². The normalized spacial score (nSPS) is 20.8. The molecule has 1 unspecified atom stereocenters. The molecule has 4 heteroatoms. The number of hydrogen-bond donors (Lipinski definition) is 1. The van der Waals surface area contributed by atoms with Crippen LogP contribution in [-0.2, 0) is 4.79 Å². The zero-order valence-corrected chi connectivity index (χ0v) is 17.7. The third kappa shape index (κ3) is 5.82. The van der Waals surface area contributed by atoms with E-state index >= 15 is 0 Å². The first-order valence-corrected chi connectivity index (χ1v) is 9.74. The zero-order chi connectivity index (χ0) is 19.5. The molecule has 0 spiro atoms. The van der Waals surface area contributed by atoms with Crippen molar-refractivity contribution in [1.82, 2.24) is 15.1 Å². The van der Waals surface area contributed by atoms with Gasteiger partial charge in [0, 0.05) is 31.1 Å². The topological polar surface area (TPSA) is 35.6 Å². The highest BCUT2D eigenvalue weighted by molar-refractivity contribution is 5.76. The lowest BCUT2D eigenvalue weighted by atomic mass is 9.74. The minimum atomic E-state index is 0.0771. The summed E-state index contributed by atoms with van der Waals surface area (Å²) in [6, 6.07) is 10.4. The highest BCUT2D eigenvalue weighted by Crippen LogP contribution is 2.35. The molecule has 1 N–H and O–H groups in total. The summed E-state index contributed by atoms with van der Waals surface area (Å²) in [5, 5.41) is 3.71. The van der Waals surface area contributed by atoms with Crippen LogP contribution in [-0.4, -0.2) is 54.5 Å². The van der Waals surface area contributed by atoms with Crippen LogP contribution in [0.1, 0.15) is 58.6 Å². The fourth-order valence-corrected chi connectivity index (χ4v) is 4.72. The molecule has 1 aromatic rings. The van der Waals surface area contributed by atoms with Crippen molar-refractivity contribution in [2.75, 3.05) is 27.7 Å². The molecule has 0 radical (unpaired) electrons. The Balaban J connectivity index is 2.11. The van der Waals surface area contributed by atoms with E-state index in [-0.39, 0.29) is 23.0 Å². The number of piperidine rings is 1. The van der Waals surface area contributed by atoms with Crippen molar-refractivity contribution >= 4 is 5.91 Å². The number of carbonyl (C=O) groups is 1. The molecule has 26 heavy (non-hydrogen) atoms. The molecule has 1 atom stereocenters. The number of amides is 1. The van der Waals surface area contributed by atoms with Gasteiger partial charge in [0.1, 0.15) is 0 Å². The highest BCUT2D eigenvalue weighted by atomic mass is 16.2. The Morgan fingerprint density at radius 3 is 2.12 bits per heavy atom. The Hall–Kier alpha value is -1.39. The second kappa shape index (κ2) is 8.10. The van der Waals surface area contributed by atoms with Crippen LogP contribution in [0.15, 0.2) is 30.3 Å². The molecule has 1 saturated heterocycles. The van der Waals surface area contributed by atoms with Gasteiger partial charge in [-0.3, -0.25) is 4.79 Å². The smallest absolute Gasteiger partial charge is 0.223 e. The Bertz CT molecular complexity index is 579. The van der Waals surface area contributed by atoms with Gasteiger partial charge >= 0.3 is 0 Å². The van der Waals surface area contributed by atoms with Crippen molar-refractivity contribution in [3.63, 3.8) is 0 Å². The summed E-state index contributed by atoms with van der Waals surface area (Å²) in [6.45, 7) is 9.80. The monoisotopic (exact) mass is 359 g/mol. The van der Waals surface area contributed by atoms with E-state index in [1.807, 2.05) is 30.1 Å². The van der Waals surface area contributed by atoms with Gasteiger partial charge in [-0.15, -0.1) is 0 Å². The molecule has 2 rings (SSSR count). The summed E-state index contributed by atoms with van der Waals surface area (Å²) in [7, 11) is 6.08. The Morgan fingerprint density at radius 2 is 1.62 bits per heavy atom. The molecule has 1 aliphatic rings. The van der Waals surface area contributed by atoms with Gasteiger partial charge in [-0.25, -0.2) is 0 Å². The number of benzene rings is 1. The summed E-state index contributed by atoms with van der Waals surface area (Å²) in [4.78, 5) is 17.2. The Kier molecular flexibility index (Phi) is 6.51. The molecule has 0 bridgehead atoms. The number of nitrogens with zero attached hydrogens (tertiary/aromatic N) is 2. The van der Waals surface area contributed by atoms with Crippen LogP contribution in [0.3, 0.4) is 0 Å². The molecular weight excluding hydrogens is 322 g/mol. The van der Waals surface area contributed by atoms with Crippen LogP contribution in [0, 0.1) is 5.92 Å². The van der Waals surface area contributed by atoms with Gasteiger partial charge in [0.2, 0.25) is 5.91 Å². The molecule has 0 aliphatic carbocycles. The first-order chi connectivity index (χ1) is 12.0. The molecule has 1 heterocycles. The van der Waals surface area contributed by atoms with Gasteiger partial charge in [0.05, 0.1) is 6.04 Å². The molecule has 4 nitrogen and oxygen atoms in total. The van der Waals surface area contributed by atoms with E-state index < -0.39 is 0 Å². The average molecular weight is 360 g/mol. The fourth-order valence-electron chi connectivity index (χ4n) is 4.72. The van der Waals surface area contributed by atoms with Gasteiger partial charge in [-0.1, -0.05) is 30.3 Å². The maximum absolute atomic E-state index is 13.1. The van der Waals surface area contributed by atoms with Crippen molar-refractivity contribution in [3.05, 3.63) is 35.9 Å². The van der Waals surface area contributed by atoms with Crippen LogP contribution in [0.2, 0.25) is 0 Å². The Labute approximate surface area is 159 Å². The molecule has 146 valence electrons. The van der Waals surface area contributed by atoms with E-state index in [4.69, 9.17) is 0 Å². The Morgan fingerprint density at radius 1 is 1.08 bits per heavy atom. The molecule has 0 saturated carbocycles. The third-order valence-electron chi connectivity index (χ3n) is 5.32. The van der Waals surface area contributed by atoms with E-state index in [0.29, 0.717) is 12.3 Å². The number of rotatable bonds is 6. The highest BCUT2D eigenvalue weighted by Gasteiger charge is 2.39. The minimum absolute atomic E-state index is 0.0771. The van der Waals surface area contributed by atoms with Crippen LogP contribution in [0.4, 0.5) is 0 Å². The SMILES string of the molecule is CN(C)CC(c1ccccc1)N(C)C(=O)CC1CC(C)(C)NC(C)(C)C1. The number of carbonyl (C=O) groups excluding carboxylic acids is 1. The van der Waals surface area contributed by atoms with Crippen molar-refractivity contribution < 1.29 is 4.79 Å². The minimum Gasteiger partial charge on any atom is -0.337 e. The molecule has 1 aliphatic heterocycles. The van der Waals surface area contributed by atoms with E-state index in [1.165, 1.54) is 5.56 Å². The molecule has 1 fully saturated rings. The summed E-state index contributed by atoms with van der Waals surface area (Å²) < 4.78 is 0. The quantitative estimate of drug-likeness (QED) is 0.841. The van der Waals surface area contributed by atoms with Gasteiger partial charge < -0.3 is 15.1 Å². The van der Waals surface area contributed by atoms with Crippen LogP contribution in [0.5, 0.6) is 0 Å². The molecular formula is C22H37N3O. The predicted molar refractivity (Wildman–Crippen MR) is 109 cm³/mol. The summed E-state index contributed by atoms with van der Waals surface area (Å²) in [6.07, 6.45) is 2.71. The lowest BCUT2D eigenvalue weighted by molar-refractivity contribution is -0.134. The second-order valence-electron chi connectivity index (χ2n) is 9.56. The second-order valence-corrected chi connectivity index (χ2v) is 9.56. The van der Waals surface area contributed by atoms with Crippen molar-refractivity contribution in [2.45, 2.75) is 64.1 Å². The van der Waals surface area contributed by atoms with Crippen molar-refractivity contribution in [3.8, 4) is 0 Å². The molecule has 1 amide bonds. The number of likely N-dealkylation sites (N-methyl/N-ethyl adjacent to an activating group) is 2. The van der Waals surface area contributed by atoms with Crippen LogP contribution < -0.4 is 5.32 Å². The average Bonchev–Trinajstić information content (AvgIpc) is 2.49. The fraction of sp³-hybridized carbons (Fsp3) is 0.682. The third-order valence-corrected chi connectivity index (χ3v) is 5.32. The first-order valence-electron chi connectivity index (χ1n) is 9.74. The van der Waals surface area contributed by atoms with E-state index in [0.717, 1.165) is 19.4 Å². The lowest BCUT2D eigenvalue weighted by Crippen LogP contribution is -2.58. The molecule has 1 aromatic carbocycles. The van der Waals surface area contributed by atoms with E-state index in [1.54, 1.807) is 0 Å². The summed E-state index contributed by atoms with van der Waals surface area (Å²) >= 11 is 0. The van der Waals surface area contributed by atoms with Gasteiger partial charge in [-0.2, -0.15) is 0 Å². The van der Waals surface area contributed by atoms with E-state index in [9.17, 15) is 4.79 Å². The van der Waals surface area contributed by atoms with Crippen molar-refractivity contribution in [2.24, 2.45) is 5.92 Å². The lowest BCUT2D eigenvalue weighted by Gasteiger charge is -2.46.